The SMILES string of the molecule is CNCC=Cc1ccc(C)cc1Cl. The first-order valence-corrected chi connectivity index (χ1v) is 4.69. The lowest BCUT2D eigenvalue weighted by Crippen LogP contribution is -2.03. The van der Waals surface area contributed by atoms with Crippen LogP contribution < -0.4 is 5.32 Å². The molecule has 0 aromatic heterocycles. The predicted molar refractivity (Wildman–Crippen MR) is 59.1 cm³/mol. The Balaban J connectivity index is 2.77. The Hall–Kier alpha value is -0.790. The van der Waals surface area contributed by atoms with E-state index >= 15 is 0 Å². The standard InChI is InChI=1S/C11H14ClN/c1-9-5-6-10(11(12)8-9)4-3-7-13-2/h3-6,8,13H,7H2,1-2H3. The fourth-order valence-corrected chi connectivity index (χ4v) is 1.37. The van der Waals surface area contributed by atoms with Crippen molar-refractivity contribution in [1.29, 1.82) is 0 Å². The van der Waals surface area contributed by atoms with Crippen molar-refractivity contribution in [3.05, 3.63) is 40.4 Å². The van der Waals surface area contributed by atoms with Crippen LogP contribution in [0.1, 0.15) is 11.1 Å². The van der Waals surface area contributed by atoms with Crippen molar-refractivity contribution in [3.63, 3.8) is 0 Å². The van der Waals surface area contributed by atoms with E-state index in [2.05, 4.69) is 17.5 Å². The number of aryl methyl sites for hydroxylation is 1. The molecular weight excluding hydrogens is 182 g/mol. The Morgan fingerprint density at radius 2 is 2.23 bits per heavy atom. The van der Waals surface area contributed by atoms with Crippen molar-refractivity contribution >= 4 is 17.7 Å². The molecule has 0 saturated heterocycles. The van der Waals surface area contributed by atoms with Crippen LogP contribution in [0.5, 0.6) is 0 Å². The van der Waals surface area contributed by atoms with E-state index in [9.17, 15) is 0 Å². The van der Waals surface area contributed by atoms with Crippen molar-refractivity contribution in [2.45, 2.75) is 6.92 Å². The van der Waals surface area contributed by atoms with Gasteiger partial charge in [-0.15, -0.1) is 0 Å². The summed E-state index contributed by atoms with van der Waals surface area (Å²) in [6.45, 7) is 2.90. The minimum atomic E-state index is 0.812. The van der Waals surface area contributed by atoms with Gasteiger partial charge >= 0.3 is 0 Å². The number of hydrogen-bond donors (Lipinski definition) is 1. The van der Waals surface area contributed by atoms with Gasteiger partial charge in [0.25, 0.3) is 0 Å². The number of halogens is 1. The summed E-state index contributed by atoms with van der Waals surface area (Å²) in [4.78, 5) is 0. The van der Waals surface area contributed by atoms with Crippen LogP contribution in [0.2, 0.25) is 5.02 Å². The largest absolute Gasteiger partial charge is 0.316 e. The number of benzene rings is 1. The van der Waals surface area contributed by atoms with Crippen molar-refractivity contribution in [1.82, 2.24) is 5.32 Å². The molecule has 0 radical (unpaired) electrons. The predicted octanol–water partition coefficient (Wildman–Crippen LogP) is 2.88. The maximum atomic E-state index is 6.04. The Morgan fingerprint density at radius 1 is 1.46 bits per heavy atom. The minimum absolute atomic E-state index is 0.812. The summed E-state index contributed by atoms with van der Waals surface area (Å²) < 4.78 is 0. The van der Waals surface area contributed by atoms with E-state index in [0.29, 0.717) is 0 Å². The average Bonchev–Trinajstić information content (AvgIpc) is 2.09. The quantitative estimate of drug-likeness (QED) is 0.782. The topological polar surface area (TPSA) is 12.0 Å². The highest BCUT2D eigenvalue weighted by atomic mass is 35.5. The van der Waals surface area contributed by atoms with Gasteiger partial charge in [0.05, 0.1) is 0 Å². The van der Waals surface area contributed by atoms with Crippen molar-refractivity contribution in [3.8, 4) is 0 Å². The lowest BCUT2D eigenvalue weighted by Gasteiger charge is -1.99. The van der Waals surface area contributed by atoms with Gasteiger partial charge < -0.3 is 5.32 Å². The molecule has 70 valence electrons. The summed E-state index contributed by atoms with van der Waals surface area (Å²) in [5.74, 6) is 0. The Bertz CT molecular complexity index is 305. The van der Waals surface area contributed by atoms with Crippen molar-refractivity contribution in [2.75, 3.05) is 13.6 Å². The zero-order valence-corrected chi connectivity index (χ0v) is 8.73. The average molecular weight is 196 g/mol. The molecule has 13 heavy (non-hydrogen) atoms. The van der Waals surface area contributed by atoms with Gasteiger partial charge in [-0.1, -0.05) is 35.9 Å². The maximum Gasteiger partial charge on any atom is 0.0480 e. The number of rotatable bonds is 3. The van der Waals surface area contributed by atoms with Crippen LogP contribution >= 0.6 is 11.6 Å². The minimum Gasteiger partial charge on any atom is -0.316 e. The molecule has 0 aliphatic carbocycles. The zero-order valence-electron chi connectivity index (χ0n) is 7.97. The summed E-state index contributed by atoms with van der Waals surface area (Å²) in [5, 5.41) is 3.85. The molecule has 0 unspecified atom stereocenters. The van der Waals surface area contributed by atoms with Gasteiger partial charge in [0, 0.05) is 11.6 Å². The molecule has 0 atom stereocenters. The fraction of sp³-hybridized carbons (Fsp3) is 0.273. The van der Waals surface area contributed by atoms with Crippen LogP contribution in [0.3, 0.4) is 0 Å². The van der Waals surface area contributed by atoms with E-state index < -0.39 is 0 Å². The molecule has 0 amide bonds. The molecule has 1 rings (SSSR count). The Morgan fingerprint density at radius 3 is 2.85 bits per heavy atom. The van der Waals surface area contributed by atoms with E-state index in [-0.39, 0.29) is 0 Å². The second-order valence-electron chi connectivity index (χ2n) is 2.99. The van der Waals surface area contributed by atoms with Crippen LogP contribution in [0.4, 0.5) is 0 Å². The first kappa shape index (κ1) is 10.3. The van der Waals surface area contributed by atoms with Crippen molar-refractivity contribution in [2.24, 2.45) is 0 Å². The van der Waals surface area contributed by atoms with E-state index in [0.717, 1.165) is 17.1 Å². The number of nitrogens with one attached hydrogen (secondary N) is 1. The van der Waals surface area contributed by atoms with Gasteiger partial charge in [0.1, 0.15) is 0 Å². The monoisotopic (exact) mass is 195 g/mol. The lowest BCUT2D eigenvalue weighted by atomic mass is 10.1. The van der Waals surface area contributed by atoms with Gasteiger partial charge in [0.2, 0.25) is 0 Å². The fourth-order valence-electron chi connectivity index (χ4n) is 1.07. The Kier molecular flexibility index (Phi) is 4.00. The Labute approximate surface area is 84.4 Å². The molecule has 0 heterocycles. The van der Waals surface area contributed by atoms with Crippen LogP contribution in [0.25, 0.3) is 6.08 Å². The van der Waals surface area contributed by atoms with Gasteiger partial charge in [-0.05, 0) is 31.2 Å². The highest BCUT2D eigenvalue weighted by Gasteiger charge is 1.94. The van der Waals surface area contributed by atoms with Crippen LogP contribution in [0.15, 0.2) is 24.3 Å². The molecule has 0 fully saturated rings. The first-order chi connectivity index (χ1) is 6.24. The second-order valence-corrected chi connectivity index (χ2v) is 3.39. The highest BCUT2D eigenvalue weighted by molar-refractivity contribution is 6.32. The normalized spacial score (nSPS) is 11.0. The lowest BCUT2D eigenvalue weighted by molar-refractivity contribution is 0.922. The van der Waals surface area contributed by atoms with Gasteiger partial charge in [-0.25, -0.2) is 0 Å². The number of likely N-dealkylation sites (N-methyl/N-ethyl adjacent to an activating group) is 1. The van der Waals surface area contributed by atoms with Crippen molar-refractivity contribution < 1.29 is 0 Å². The molecule has 0 aliphatic heterocycles. The summed E-state index contributed by atoms with van der Waals surface area (Å²) in [7, 11) is 1.92. The second kappa shape index (κ2) is 5.05. The van der Waals surface area contributed by atoms with E-state index in [4.69, 9.17) is 11.6 Å². The van der Waals surface area contributed by atoms with E-state index in [1.165, 1.54) is 5.56 Å². The summed E-state index contributed by atoms with van der Waals surface area (Å²) >= 11 is 6.04. The first-order valence-electron chi connectivity index (χ1n) is 4.31. The van der Waals surface area contributed by atoms with Gasteiger partial charge in [-0.2, -0.15) is 0 Å². The molecule has 0 bridgehead atoms. The molecular formula is C11H14ClN. The third kappa shape index (κ3) is 3.21. The molecule has 0 aliphatic rings. The third-order valence-corrected chi connectivity index (χ3v) is 2.10. The van der Waals surface area contributed by atoms with Gasteiger partial charge in [-0.3, -0.25) is 0 Å². The summed E-state index contributed by atoms with van der Waals surface area (Å²) in [6.07, 6.45) is 4.08. The van der Waals surface area contributed by atoms with Crippen LogP contribution in [-0.2, 0) is 0 Å². The van der Waals surface area contributed by atoms with Gasteiger partial charge in [0.15, 0.2) is 0 Å². The van der Waals surface area contributed by atoms with E-state index in [1.807, 2.05) is 32.2 Å². The molecule has 0 saturated carbocycles. The maximum absolute atomic E-state index is 6.04. The number of hydrogen-bond acceptors (Lipinski definition) is 1. The molecule has 1 N–H and O–H groups in total. The smallest absolute Gasteiger partial charge is 0.0480 e. The molecule has 1 aromatic carbocycles. The molecule has 2 heteroatoms. The molecule has 0 spiro atoms. The van der Waals surface area contributed by atoms with Crippen LogP contribution in [0, 0.1) is 6.92 Å². The zero-order chi connectivity index (χ0) is 9.68. The third-order valence-electron chi connectivity index (χ3n) is 1.78. The van der Waals surface area contributed by atoms with Crippen LogP contribution in [-0.4, -0.2) is 13.6 Å². The highest BCUT2D eigenvalue weighted by Crippen LogP contribution is 2.18. The summed E-state index contributed by atoms with van der Waals surface area (Å²) in [6, 6.07) is 6.06. The molecule has 1 nitrogen and oxygen atoms in total. The van der Waals surface area contributed by atoms with E-state index in [1.54, 1.807) is 0 Å². The summed E-state index contributed by atoms with van der Waals surface area (Å²) in [5.41, 5.74) is 2.26. The molecule has 1 aromatic rings.